The molecule has 3 N–H and O–H groups in total. The number of nitrogens with zero attached hydrogens (tertiary/aromatic N) is 1. The number of hydrogen-bond acceptors (Lipinski definition) is 3. The van der Waals surface area contributed by atoms with Crippen LogP contribution in [0.15, 0.2) is 77.7 Å². The maximum atomic E-state index is 12.3. The minimum absolute atomic E-state index is 0.225. The van der Waals surface area contributed by atoms with Crippen molar-refractivity contribution in [2.45, 2.75) is 6.54 Å². The summed E-state index contributed by atoms with van der Waals surface area (Å²) in [5.41, 5.74) is 3.49. The third-order valence-electron chi connectivity index (χ3n) is 5.30. The predicted octanol–water partition coefficient (Wildman–Crippen LogP) is 1.53. The summed E-state index contributed by atoms with van der Waals surface area (Å²) >= 11 is 0. The lowest BCUT2D eigenvalue weighted by atomic mass is 10.2. The van der Waals surface area contributed by atoms with Gasteiger partial charge in [0.2, 0.25) is 5.56 Å². The fourth-order valence-electron chi connectivity index (χ4n) is 3.65. The lowest BCUT2D eigenvalue weighted by Gasteiger charge is -2.33. The molecule has 29 heavy (non-hydrogen) atoms. The molecule has 0 unspecified atom stereocenters. The molecule has 2 heterocycles. The lowest BCUT2D eigenvalue weighted by Crippen LogP contribution is -3.13. The number of carbonyl (C=O) groups is 1. The van der Waals surface area contributed by atoms with Gasteiger partial charge in [0.1, 0.15) is 6.54 Å². The quantitative estimate of drug-likeness (QED) is 0.620. The molecule has 0 aliphatic carbocycles. The van der Waals surface area contributed by atoms with Crippen LogP contribution in [0.4, 0.5) is 11.4 Å². The number of nitrogens with one attached hydrogen (secondary N) is 3. The van der Waals surface area contributed by atoms with Gasteiger partial charge in [-0.3, -0.25) is 9.59 Å². The number of pyridine rings is 1. The molecule has 148 valence electrons. The maximum absolute atomic E-state index is 12.3. The smallest absolute Gasteiger partial charge is 0.257 e. The van der Waals surface area contributed by atoms with Crippen molar-refractivity contribution in [3.8, 4) is 0 Å². The fraction of sp³-hybridized carbons (Fsp3) is 0.217. The number of H-pyrrole nitrogens is 1. The highest BCUT2D eigenvalue weighted by Crippen LogP contribution is 2.18. The van der Waals surface area contributed by atoms with Crippen molar-refractivity contribution in [1.29, 1.82) is 0 Å². The molecular weight excluding hydrogens is 364 g/mol. The highest BCUT2D eigenvalue weighted by Gasteiger charge is 2.20. The van der Waals surface area contributed by atoms with Crippen LogP contribution >= 0.6 is 0 Å². The normalized spacial score (nSPS) is 14.6. The minimum Gasteiger partial charge on any atom is -0.360 e. The van der Waals surface area contributed by atoms with E-state index in [0.29, 0.717) is 5.56 Å². The zero-order chi connectivity index (χ0) is 20.1. The average molecular weight is 389 g/mol. The number of benzene rings is 2. The van der Waals surface area contributed by atoms with E-state index in [1.165, 1.54) is 29.6 Å². The molecule has 0 radical (unpaired) electrons. The molecule has 2 aromatic carbocycles. The molecule has 4 rings (SSSR count). The van der Waals surface area contributed by atoms with Gasteiger partial charge in [-0.2, -0.15) is 0 Å². The second kappa shape index (κ2) is 8.75. The Morgan fingerprint density at radius 1 is 0.966 bits per heavy atom. The number of amides is 1. The van der Waals surface area contributed by atoms with Gasteiger partial charge in [-0.05, 0) is 30.3 Å². The molecule has 1 amide bonds. The molecule has 0 bridgehead atoms. The predicted molar refractivity (Wildman–Crippen MR) is 115 cm³/mol. The molecule has 1 aliphatic heterocycles. The molecule has 3 aromatic rings. The highest BCUT2D eigenvalue weighted by atomic mass is 16.1. The number of anilines is 2. The number of quaternary nitrogens is 1. The minimum atomic E-state index is -0.243. The molecule has 1 fully saturated rings. The van der Waals surface area contributed by atoms with Gasteiger partial charge in [-0.1, -0.05) is 30.3 Å². The van der Waals surface area contributed by atoms with E-state index < -0.39 is 0 Å². The van der Waals surface area contributed by atoms with E-state index in [4.69, 9.17) is 0 Å². The van der Waals surface area contributed by atoms with Gasteiger partial charge in [0.05, 0.1) is 31.7 Å². The lowest BCUT2D eigenvalue weighted by molar-refractivity contribution is -0.914. The molecule has 0 saturated carbocycles. The summed E-state index contributed by atoms with van der Waals surface area (Å²) in [4.78, 5) is 29.9. The van der Waals surface area contributed by atoms with Crippen LogP contribution in [-0.2, 0) is 6.54 Å². The van der Waals surface area contributed by atoms with Crippen molar-refractivity contribution in [3.05, 3.63) is 94.4 Å². The van der Waals surface area contributed by atoms with Crippen molar-refractivity contribution in [2.75, 3.05) is 36.4 Å². The molecule has 6 heteroatoms. The third-order valence-corrected chi connectivity index (χ3v) is 5.30. The van der Waals surface area contributed by atoms with Gasteiger partial charge in [-0.15, -0.1) is 0 Å². The summed E-state index contributed by atoms with van der Waals surface area (Å²) in [5.74, 6) is -0.243. The number of hydrogen-bond donors (Lipinski definition) is 3. The van der Waals surface area contributed by atoms with Gasteiger partial charge in [-0.25, -0.2) is 0 Å². The van der Waals surface area contributed by atoms with Gasteiger partial charge in [0.15, 0.2) is 0 Å². The first kappa shape index (κ1) is 19.0. The van der Waals surface area contributed by atoms with Crippen LogP contribution in [0.25, 0.3) is 0 Å². The van der Waals surface area contributed by atoms with E-state index in [9.17, 15) is 9.59 Å². The summed E-state index contributed by atoms with van der Waals surface area (Å²) in [6.45, 7) is 5.33. The molecular formula is C23H25N4O2+. The summed E-state index contributed by atoms with van der Waals surface area (Å²) in [7, 11) is 0. The molecule has 1 aliphatic rings. The Balaban J connectivity index is 1.31. The monoisotopic (exact) mass is 389 g/mol. The SMILES string of the molecule is O=C(Nc1ccc(N2CC[NH+](Cc3ccccc3)CC2)cc1)c1ccc(=O)[nH]c1. The van der Waals surface area contributed by atoms with Gasteiger partial charge in [0, 0.05) is 29.2 Å². The van der Waals surface area contributed by atoms with Crippen LogP contribution in [-0.4, -0.2) is 37.1 Å². The van der Waals surface area contributed by atoms with Crippen molar-refractivity contribution >= 4 is 17.3 Å². The Bertz CT molecular complexity index is 987. The van der Waals surface area contributed by atoms with Crippen LogP contribution in [0, 0.1) is 0 Å². The maximum Gasteiger partial charge on any atom is 0.257 e. The summed E-state index contributed by atoms with van der Waals surface area (Å²) < 4.78 is 0. The van der Waals surface area contributed by atoms with E-state index >= 15 is 0 Å². The second-order valence-electron chi connectivity index (χ2n) is 7.34. The summed E-state index contributed by atoms with van der Waals surface area (Å²) in [5, 5.41) is 2.86. The van der Waals surface area contributed by atoms with Gasteiger partial charge < -0.3 is 20.1 Å². The van der Waals surface area contributed by atoms with Crippen molar-refractivity contribution in [2.24, 2.45) is 0 Å². The average Bonchev–Trinajstić information content (AvgIpc) is 2.76. The summed E-state index contributed by atoms with van der Waals surface area (Å²) in [6.07, 6.45) is 1.42. The Kier molecular flexibility index (Phi) is 5.72. The first-order valence-electron chi connectivity index (χ1n) is 9.90. The molecule has 1 aromatic heterocycles. The first-order valence-corrected chi connectivity index (χ1v) is 9.90. The number of rotatable bonds is 5. The van der Waals surface area contributed by atoms with E-state index in [0.717, 1.165) is 38.4 Å². The highest BCUT2D eigenvalue weighted by molar-refractivity contribution is 6.04. The number of carbonyl (C=O) groups excluding carboxylic acids is 1. The Morgan fingerprint density at radius 2 is 1.69 bits per heavy atom. The molecule has 0 atom stereocenters. The van der Waals surface area contributed by atoms with Gasteiger partial charge >= 0.3 is 0 Å². The van der Waals surface area contributed by atoms with Crippen LogP contribution in [0.5, 0.6) is 0 Å². The van der Waals surface area contributed by atoms with Crippen LogP contribution < -0.4 is 20.7 Å². The van der Waals surface area contributed by atoms with Crippen molar-refractivity contribution in [1.82, 2.24) is 4.98 Å². The molecule has 1 saturated heterocycles. The van der Waals surface area contributed by atoms with Crippen LogP contribution in [0.3, 0.4) is 0 Å². The van der Waals surface area contributed by atoms with E-state index in [-0.39, 0.29) is 11.5 Å². The standard InChI is InChI=1S/C23H24N4O2/c28-22-11-6-19(16-24-22)23(29)25-20-7-9-21(10-8-20)27-14-12-26(13-15-27)17-18-4-2-1-3-5-18/h1-11,16H,12-15,17H2,(H,24,28)(H,25,29)/p+1. The zero-order valence-corrected chi connectivity index (χ0v) is 16.2. The number of aromatic nitrogens is 1. The Labute approximate surface area is 169 Å². The number of aromatic amines is 1. The third kappa shape index (κ3) is 4.92. The second-order valence-corrected chi connectivity index (χ2v) is 7.34. The van der Waals surface area contributed by atoms with Crippen LogP contribution in [0.1, 0.15) is 15.9 Å². The van der Waals surface area contributed by atoms with E-state index in [1.54, 1.807) is 4.90 Å². The number of piperazine rings is 1. The van der Waals surface area contributed by atoms with Crippen molar-refractivity contribution in [3.63, 3.8) is 0 Å². The van der Waals surface area contributed by atoms with E-state index in [2.05, 4.69) is 45.5 Å². The van der Waals surface area contributed by atoms with Crippen LogP contribution in [0.2, 0.25) is 0 Å². The zero-order valence-electron chi connectivity index (χ0n) is 16.2. The largest absolute Gasteiger partial charge is 0.360 e. The Hall–Kier alpha value is -3.38. The topological polar surface area (TPSA) is 69.6 Å². The van der Waals surface area contributed by atoms with Gasteiger partial charge in [0.25, 0.3) is 5.91 Å². The summed E-state index contributed by atoms with van der Waals surface area (Å²) in [6, 6.07) is 21.4. The van der Waals surface area contributed by atoms with E-state index in [1.807, 2.05) is 24.3 Å². The molecule has 6 nitrogen and oxygen atoms in total. The van der Waals surface area contributed by atoms with Crippen molar-refractivity contribution < 1.29 is 9.69 Å². The molecule has 0 spiro atoms. The first-order chi connectivity index (χ1) is 14.2. The Morgan fingerprint density at radius 3 is 2.34 bits per heavy atom. The fourth-order valence-corrected chi connectivity index (χ4v) is 3.65.